The number of aromatic nitrogens is 1. The first-order valence-corrected chi connectivity index (χ1v) is 25.1. The number of pyridine rings is 1. The summed E-state index contributed by atoms with van der Waals surface area (Å²) < 4.78 is 2.25. The van der Waals surface area contributed by atoms with Crippen LogP contribution in [0.4, 0.5) is 5.69 Å². The first kappa shape index (κ1) is 53.1. The van der Waals surface area contributed by atoms with Crippen molar-refractivity contribution in [1.82, 2.24) is 21.3 Å². The van der Waals surface area contributed by atoms with Crippen molar-refractivity contribution in [2.24, 2.45) is 22.2 Å². The van der Waals surface area contributed by atoms with Crippen LogP contribution in [0.2, 0.25) is 0 Å². The molecule has 71 heavy (non-hydrogen) atoms. The van der Waals surface area contributed by atoms with Crippen LogP contribution in [0.25, 0.3) is 17.0 Å². The van der Waals surface area contributed by atoms with Crippen molar-refractivity contribution in [3.05, 3.63) is 143 Å². The summed E-state index contributed by atoms with van der Waals surface area (Å²) in [5.41, 5.74) is 21.7. The van der Waals surface area contributed by atoms with Gasteiger partial charge in [0.25, 0.3) is 0 Å². The number of amides is 4. The molecule has 5 aromatic rings. The number of carboxylic acids is 1. The van der Waals surface area contributed by atoms with E-state index in [2.05, 4.69) is 104 Å². The Hall–Kier alpha value is -7.24. The second-order valence-corrected chi connectivity index (χ2v) is 18.7. The molecule has 1 aliphatic heterocycles. The number of carbonyl (C=O) groups excluding carboxylic acids is 4. The average Bonchev–Trinajstić information content (AvgIpc) is 3.68. The van der Waals surface area contributed by atoms with Gasteiger partial charge in [-0.05, 0) is 92.5 Å². The van der Waals surface area contributed by atoms with Gasteiger partial charge in [-0.25, -0.2) is 4.79 Å². The van der Waals surface area contributed by atoms with Crippen molar-refractivity contribution in [2.75, 3.05) is 25.0 Å². The number of benzene rings is 4. The van der Waals surface area contributed by atoms with Crippen molar-refractivity contribution < 1.29 is 33.6 Å². The molecule has 0 aliphatic carbocycles. The number of rotatable bonds is 27. The van der Waals surface area contributed by atoms with Gasteiger partial charge in [-0.15, -0.1) is 0 Å². The van der Waals surface area contributed by atoms with Gasteiger partial charge < -0.3 is 48.5 Å². The Morgan fingerprint density at radius 1 is 0.676 bits per heavy atom. The van der Waals surface area contributed by atoms with Crippen LogP contribution in [0.3, 0.4) is 0 Å². The van der Waals surface area contributed by atoms with Gasteiger partial charge in [-0.3, -0.25) is 24.2 Å². The molecular weight excluding hydrogens is 917 g/mol. The van der Waals surface area contributed by atoms with E-state index < -0.39 is 47.9 Å². The monoisotopic (exact) mass is 983 g/mol. The standard InChI is InChI=1S/C54H66N10O6S/c1-63-46-26-12-13-27-47(46)71-49(63)36-39-29-33-64(45-25-11-10-22-40(39)45)32-16-4-9-28-48(65)59-43(34-37-18-5-2-6-19-37)51(67)60-41(24-17-31-58-54(56)57)50(66)62-44(35-38-20-7-3-8-21-38)52(68)61-42(53(69)70)23-14-15-30-55/h2-3,5-8,10-13,18-22,25-27,29,33,36,41-44H,4,9,14-17,23-24,28,30-32,34-35,55H2,1H3,(H8-,56,57,58,59,60,61,62,65,66,67,68,69,70)/p+1/t41-,42+,43+,44+/m1/s1. The van der Waals surface area contributed by atoms with E-state index in [0.717, 1.165) is 52.0 Å². The van der Waals surface area contributed by atoms with Crippen molar-refractivity contribution in [3.63, 3.8) is 0 Å². The average molecular weight is 984 g/mol. The van der Waals surface area contributed by atoms with Gasteiger partial charge in [0.05, 0.1) is 16.1 Å². The highest BCUT2D eigenvalue weighted by atomic mass is 32.2. The Morgan fingerprint density at radius 2 is 1.27 bits per heavy atom. The summed E-state index contributed by atoms with van der Waals surface area (Å²) in [4.78, 5) is 75.6. The van der Waals surface area contributed by atoms with Crippen LogP contribution in [0.1, 0.15) is 74.5 Å². The molecule has 0 saturated carbocycles. The molecule has 0 radical (unpaired) electrons. The summed E-state index contributed by atoms with van der Waals surface area (Å²) in [5.74, 6) is -3.61. The number of guanidine groups is 1. The maximum atomic E-state index is 14.3. The lowest BCUT2D eigenvalue weighted by atomic mass is 10.0. The van der Waals surface area contributed by atoms with Gasteiger partial charge in [0, 0.05) is 56.3 Å². The zero-order chi connectivity index (χ0) is 50.5. The predicted octanol–water partition coefficient (Wildman–Crippen LogP) is 4.92. The fraction of sp³-hybridized carbons (Fsp3) is 0.352. The summed E-state index contributed by atoms with van der Waals surface area (Å²) in [6.07, 6.45) is 8.51. The number of carboxylic acid groups (broad SMARTS) is 1. The number of unbranched alkanes of at least 4 members (excludes halogenated alkanes) is 3. The maximum Gasteiger partial charge on any atom is 0.326 e. The minimum absolute atomic E-state index is 0.0438. The number of nitrogens with one attached hydrogen (secondary N) is 4. The molecule has 4 amide bonds. The zero-order valence-electron chi connectivity index (χ0n) is 40.3. The predicted molar refractivity (Wildman–Crippen MR) is 280 cm³/mol. The number of nitrogens with two attached hydrogens (primary N) is 3. The van der Waals surface area contributed by atoms with Crippen LogP contribution in [0.5, 0.6) is 0 Å². The number of aryl methyl sites for hydroxylation is 1. The Morgan fingerprint density at radius 3 is 1.93 bits per heavy atom. The molecule has 17 heteroatoms. The number of hydrogen-bond donors (Lipinski definition) is 8. The van der Waals surface area contributed by atoms with Gasteiger partial charge >= 0.3 is 5.97 Å². The summed E-state index contributed by atoms with van der Waals surface area (Å²) in [6.45, 7) is 1.29. The Bertz CT molecular complexity index is 2650. The largest absolute Gasteiger partial charge is 0.480 e. The maximum absolute atomic E-state index is 14.3. The first-order valence-electron chi connectivity index (χ1n) is 24.3. The van der Waals surface area contributed by atoms with Crippen LogP contribution >= 0.6 is 11.8 Å². The molecule has 1 aromatic heterocycles. The van der Waals surface area contributed by atoms with Crippen LogP contribution in [-0.4, -0.2) is 85.0 Å². The third kappa shape index (κ3) is 16.2. The Balaban J connectivity index is 1.10. The van der Waals surface area contributed by atoms with E-state index in [1.54, 1.807) is 36.0 Å². The number of fused-ring (bicyclic) bond motifs is 2. The molecule has 374 valence electrons. The summed E-state index contributed by atoms with van der Waals surface area (Å²) in [6, 6.07) is 32.5. The van der Waals surface area contributed by atoms with E-state index in [9.17, 15) is 29.1 Å². The van der Waals surface area contributed by atoms with Gasteiger partial charge in [0.2, 0.25) is 29.1 Å². The summed E-state index contributed by atoms with van der Waals surface area (Å²) >= 11 is 1.76. The highest BCUT2D eigenvalue weighted by Gasteiger charge is 2.32. The van der Waals surface area contributed by atoms with Crippen LogP contribution in [-0.2, 0) is 43.4 Å². The molecule has 0 unspecified atom stereocenters. The molecule has 0 bridgehead atoms. The van der Waals surface area contributed by atoms with Crippen molar-refractivity contribution in [3.8, 4) is 0 Å². The molecule has 4 aromatic carbocycles. The molecule has 16 nitrogen and oxygen atoms in total. The number of thioether (sulfide) groups is 1. The van der Waals surface area contributed by atoms with Gasteiger partial charge in [-0.1, -0.05) is 96.7 Å². The van der Waals surface area contributed by atoms with Gasteiger partial charge in [-0.2, -0.15) is 4.57 Å². The van der Waals surface area contributed by atoms with E-state index in [0.29, 0.717) is 25.8 Å². The van der Waals surface area contributed by atoms with Gasteiger partial charge in [0.1, 0.15) is 30.7 Å². The smallest absolute Gasteiger partial charge is 0.326 e. The number of carbonyl (C=O) groups is 5. The molecule has 1 aliphatic rings. The summed E-state index contributed by atoms with van der Waals surface area (Å²) in [7, 11) is 2.09. The molecule has 6 rings (SSSR count). The van der Waals surface area contributed by atoms with Crippen LogP contribution < -0.4 is 47.9 Å². The minimum atomic E-state index is -1.21. The van der Waals surface area contributed by atoms with E-state index in [4.69, 9.17) is 17.2 Å². The lowest BCUT2D eigenvalue weighted by molar-refractivity contribution is -0.671. The summed E-state index contributed by atoms with van der Waals surface area (Å²) in [5, 5.41) is 23.4. The van der Waals surface area contributed by atoms with Crippen molar-refractivity contribution in [1.29, 1.82) is 0 Å². The molecular formula is C54H67N10O6S+. The topological polar surface area (TPSA) is 251 Å². The van der Waals surface area contributed by atoms with Crippen LogP contribution in [0.15, 0.2) is 136 Å². The first-order chi connectivity index (χ1) is 34.4. The van der Waals surface area contributed by atoms with E-state index in [1.165, 1.54) is 10.6 Å². The normalized spacial score (nSPS) is 14.2. The Labute approximate surface area is 419 Å². The number of anilines is 1. The lowest BCUT2D eigenvalue weighted by Gasteiger charge is -2.26. The molecule has 4 atom stereocenters. The third-order valence-corrected chi connectivity index (χ3v) is 13.5. The van der Waals surface area contributed by atoms with E-state index >= 15 is 0 Å². The number of nitrogens with zero attached hydrogens (tertiary/aromatic N) is 3. The van der Waals surface area contributed by atoms with Crippen molar-refractivity contribution >= 4 is 70.0 Å². The molecule has 0 fully saturated rings. The molecule has 11 N–H and O–H groups in total. The Kier molecular flexibility index (Phi) is 20.4. The molecule has 0 saturated heterocycles. The molecule has 0 spiro atoms. The minimum Gasteiger partial charge on any atom is -0.480 e. The fourth-order valence-electron chi connectivity index (χ4n) is 8.48. The SMILES string of the molecule is CN1/C(=C/c2cc[n+](CCCCCC(=O)N[C@@H](Cc3ccccc3)C(=O)N[C@H](CCCN=C(N)N)C(=O)N[C@@H](Cc3ccccc3)C(=O)N[C@@H](CCCCN)C(=O)O)c3ccccc23)Sc2ccccc21. The quantitative estimate of drug-likeness (QED) is 0.0152. The second kappa shape index (κ2) is 27.2. The van der Waals surface area contributed by atoms with Gasteiger partial charge in [0.15, 0.2) is 12.2 Å². The number of aliphatic carboxylic acids is 1. The number of para-hydroxylation sites is 2. The molecule has 2 heterocycles. The highest BCUT2D eigenvalue weighted by molar-refractivity contribution is 8.03. The van der Waals surface area contributed by atoms with Crippen molar-refractivity contribution in [2.45, 2.75) is 106 Å². The van der Waals surface area contributed by atoms with E-state index in [-0.39, 0.29) is 56.9 Å². The number of hydrogen-bond acceptors (Lipinski definition) is 9. The fourth-order valence-corrected chi connectivity index (χ4v) is 9.58. The third-order valence-electron chi connectivity index (χ3n) is 12.3. The second-order valence-electron chi connectivity index (χ2n) is 17.7. The number of aliphatic imine (C=N–C) groups is 1. The lowest BCUT2D eigenvalue weighted by Crippen LogP contribution is -2.58. The van der Waals surface area contributed by atoms with E-state index in [1.807, 2.05) is 42.5 Å². The zero-order valence-corrected chi connectivity index (χ0v) is 41.1. The van der Waals surface area contributed by atoms with Crippen LogP contribution in [0, 0.1) is 0 Å². The highest BCUT2D eigenvalue weighted by Crippen LogP contribution is 2.45.